The molecule has 1 fully saturated rings. The zero-order valence-electron chi connectivity index (χ0n) is 25.2. The molecule has 1 aromatic carbocycles. The first kappa shape index (κ1) is 35.0. The lowest BCUT2D eigenvalue weighted by molar-refractivity contribution is -0.137. The van der Waals surface area contributed by atoms with Crippen LogP contribution >= 0.6 is 11.8 Å². The van der Waals surface area contributed by atoms with Crippen LogP contribution in [0.25, 0.3) is 5.57 Å². The third-order valence-corrected chi connectivity index (χ3v) is 10.2. The summed E-state index contributed by atoms with van der Waals surface area (Å²) in [7, 11) is -8.70. The molecule has 246 valence electrons. The number of thioether (sulfide) groups is 1. The van der Waals surface area contributed by atoms with Crippen molar-refractivity contribution in [3.63, 3.8) is 0 Å². The molecule has 13 nitrogen and oxygen atoms in total. The van der Waals surface area contributed by atoms with Crippen molar-refractivity contribution in [3.05, 3.63) is 82.1 Å². The third-order valence-electron chi connectivity index (χ3n) is 7.51. The van der Waals surface area contributed by atoms with E-state index in [1.807, 2.05) is 19.9 Å². The van der Waals surface area contributed by atoms with E-state index >= 15 is 0 Å². The Morgan fingerprint density at radius 2 is 1.74 bits per heavy atom. The number of aliphatic imine (C=N–C) groups is 1. The molecule has 3 N–H and O–H groups in total. The Labute approximate surface area is 271 Å². The second kappa shape index (κ2) is 13.5. The molecule has 0 spiro atoms. The number of amides is 2. The Morgan fingerprint density at radius 1 is 1.04 bits per heavy atom. The molecular formula is C30H33N3O10S3. The zero-order chi connectivity index (χ0) is 34.0. The highest BCUT2D eigenvalue weighted by atomic mass is 32.2. The van der Waals surface area contributed by atoms with Gasteiger partial charge in [0.1, 0.15) is 5.84 Å². The summed E-state index contributed by atoms with van der Waals surface area (Å²) in [6.07, 6.45) is 10.1. The molecule has 0 bridgehead atoms. The maximum absolute atomic E-state index is 12.6. The summed E-state index contributed by atoms with van der Waals surface area (Å²) in [5.41, 5.74) is 2.15. The summed E-state index contributed by atoms with van der Waals surface area (Å²) >= 11 is 0.765. The van der Waals surface area contributed by atoms with Crippen LogP contribution in [0.1, 0.15) is 44.2 Å². The van der Waals surface area contributed by atoms with Gasteiger partial charge in [0.2, 0.25) is 0 Å². The molecule has 4 rings (SSSR count). The van der Waals surface area contributed by atoms with Crippen LogP contribution in [0, 0.1) is 12.3 Å². The Morgan fingerprint density at radius 3 is 2.39 bits per heavy atom. The second-order valence-corrected chi connectivity index (χ2v) is 15.2. The first-order valence-corrected chi connectivity index (χ1v) is 17.9. The van der Waals surface area contributed by atoms with Crippen LogP contribution in [0.3, 0.4) is 0 Å². The van der Waals surface area contributed by atoms with Gasteiger partial charge < -0.3 is 10.0 Å². The SMILES string of the molecule is Cc1ccc(C2=CN(CCCS(=O)(=O)O)C3=N\C(=C/C=C/C=C4/SC(=O)N(CCCC(=O)O)C4=O)C(C)(C)C3=C2)cc1S(=O)(=O)O. The molecule has 16 heteroatoms. The van der Waals surface area contributed by atoms with Crippen molar-refractivity contribution in [1.82, 2.24) is 9.80 Å². The van der Waals surface area contributed by atoms with Crippen LogP contribution < -0.4 is 0 Å². The summed E-state index contributed by atoms with van der Waals surface area (Å²) in [5.74, 6) is -1.45. The summed E-state index contributed by atoms with van der Waals surface area (Å²) in [5, 5.41) is 8.33. The van der Waals surface area contributed by atoms with E-state index in [9.17, 15) is 40.3 Å². The normalized spacial score (nSPS) is 20.1. The van der Waals surface area contributed by atoms with Crippen molar-refractivity contribution < 1.29 is 45.4 Å². The standard InChI is InChI=1S/C30H33N3O10S3/c1-19-11-12-20(17-24(19)46(41,42)43)21-16-22-27(32(18-21)13-7-15-45(38,39)40)31-25(30(22,2)3)9-5-4-8-23-28(36)33(29(37)44-23)14-6-10-26(34)35/h4-5,8-9,11-12,16-18H,6-7,10,13-15H2,1-3H3,(H,34,35)(H,38,39,40)(H,41,42,43)/b5-4+,23-8+,25-9-. The number of aliphatic carboxylic acids is 1. The van der Waals surface area contributed by atoms with E-state index in [1.165, 1.54) is 12.1 Å². The van der Waals surface area contributed by atoms with E-state index in [2.05, 4.69) is 0 Å². The lowest BCUT2D eigenvalue weighted by Gasteiger charge is -2.31. The molecule has 1 aromatic rings. The Hall–Kier alpha value is -3.83. The van der Waals surface area contributed by atoms with Crippen LogP contribution in [0.5, 0.6) is 0 Å². The Bertz CT molecular complexity index is 1880. The van der Waals surface area contributed by atoms with Crippen molar-refractivity contribution in [2.75, 3.05) is 18.8 Å². The van der Waals surface area contributed by atoms with E-state index in [-0.39, 0.29) is 42.2 Å². The highest BCUT2D eigenvalue weighted by Gasteiger charge is 2.41. The number of carboxylic acids is 1. The minimum absolute atomic E-state index is 0.0132. The van der Waals surface area contributed by atoms with Gasteiger partial charge in [-0.15, -0.1) is 0 Å². The van der Waals surface area contributed by atoms with Crippen LogP contribution in [0.2, 0.25) is 0 Å². The number of carbonyl (C=O) groups excluding carboxylic acids is 2. The van der Waals surface area contributed by atoms with Crippen LogP contribution in [-0.4, -0.2) is 82.6 Å². The Balaban J connectivity index is 1.63. The van der Waals surface area contributed by atoms with Gasteiger partial charge in [0, 0.05) is 36.7 Å². The van der Waals surface area contributed by atoms with E-state index in [4.69, 9.17) is 10.1 Å². The number of hydrogen-bond acceptors (Lipinski definition) is 10. The topological polar surface area (TPSA) is 199 Å². The highest BCUT2D eigenvalue weighted by molar-refractivity contribution is 8.18. The summed E-state index contributed by atoms with van der Waals surface area (Å²) < 4.78 is 65.7. The molecule has 3 heterocycles. The van der Waals surface area contributed by atoms with E-state index in [0.29, 0.717) is 28.2 Å². The van der Waals surface area contributed by atoms with Gasteiger partial charge in [-0.2, -0.15) is 16.8 Å². The number of hydrogen-bond donors (Lipinski definition) is 3. The van der Waals surface area contributed by atoms with Gasteiger partial charge in [0.05, 0.1) is 21.3 Å². The van der Waals surface area contributed by atoms with Gasteiger partial charge in [0.25, 0.3) is 31.4 Å². The maximum atomic E-state index is 12.6. The van der Waals surface area contributed by atoms with Crippen molar-refractivity contribution in [2.24, 2.45) is 10.4 Å². The number of aryl methyl sites for hydroxylation is 1. The van der Waals surface area contributed by atoms with E-state index < -0.39 is 48.5 Å². The van der Waals surface area contributed by atoms with Crippen molar-refractivity contribution in [3.8, 4) is 0 Å². The molecule has 0 aliphatic carbocycles. The van der Waals surface area contributed by atoms with Crippen molar-refractivity contribution in [1.29, 1.82) is 0 Å². The fourth-order valence-corrected chi connectivity index (χ4v) is 7.11. The number of carbonyl (C=O) groups is 3. The molecule has 2 amide bonds. The van der Waals surface area contributed by atoms with Crippen LogP contribution in [-0.2, 0) is 29.8 Å². The van der Waals surface area contributed by atoms with Crippen molar-refractivity contribution in [2.45, 2.75) is 44.9 Å². The number of amidine groups is 1. The molecule has 3 aliphatic rings. The highest BCUT2D eigenvalue weighted by Crippen LogP contribution is 2.46. The molecule has 3 aliphatic heterocycles. The molecule has 0 unspecified atom stereocenters. The van der Waals surface area contributed by atoms with Gasteiger partial charge in [-0.25, -0.2) is 4.99 Å². The van der Waals surface area contributed by atoms with E-state index in [0.717, 1.165) is 22.2 Å². The number of imide groups is 1. The number of benzene rings is 1. The van der Waals surface area contributed by atoms with Crippen molar-refractivity contribution >= 4 is 60.5 Å². The predicted molar refractivity (Wildman–Crippen MR) is 173 cm³/mol. The molecule has 0 saturated carbocycles. The van der Waals surface area contributed by atoms with Gasteiger partial charge in [-0.3, -0.25) is 28.4 Å². The maximum Gasteiger partial charge on any atom is 0.303 e. The first-order chi connectivity index (χ1) is 21.4. The van der Waals surface area contributed by atoms with Gasteiger partial charge in [-0.1, -0.05) is 38.1 Å². The van der Waals surface area contributed by atoms with Gasteiger partial charge in [-0.05, 0) is 72.5 Å². The summed E-state index contributed by atoms with van der Waals surface area (Å²) in [4.78, 5) is 43.1. The van der Waals surface area contributed by atoms with Gasteiger partial charge in [0.15, 0.2) is 0 Å². The number of nitrogens with zero attached hydrogens (tertiary/aromatic N) is 3. The van der Waals surface area contributed by atoms with E-state index in [1.54, 1.807) is 48.4 Å². The summed E-state index contributed by atoms with van der Waals surface area (Å²) in [6.45, 7) is 5.59. The number of carboxylic acid groups (broad SMARTS) is 1. The average molecular weight is 692 g/mol. The number of fused-ring (bicyclic) bond motifs is 1. The predicted octanol–water partition coefficient (Wildman–Crippen LogP) is 4.43. The molecule has 46 heavy (non-hydrogen) atoms. The lowest BCUT2D eigenvalue weighted by atomic mass is 9.80. The molecule has 1 saturated heterocycles. The van der Waals surface area contributed by atoms with Gasteiger partial charge >= 0.3 is 5.97 Å². The zero-order valence-corrected chi connectivity index (χ0v) is 27.7. The monoisotopic (exact) mass is 691 g/mol. The fourth-order valence-electron chi connectivity index (χ4n) is 5.05. The largest absolute Gasteiger partial charge is 0.481 e. The van der Waals surface area contributed by atoms with Crippen LogP contribution in [0.15, 0.2) is 80.8 Å². The molecule has 0 atom stereocenters. The number of rotatable bonds is 12. The minimum atomic E-state index is -4.49. The first-order valence-electron chi connectivity index (χ1n) is 14.1. The fraction of sp³-hybridized carbons (Fsp3) is 0.333. The lowest BCUT2D eigenvalue weighted by Crippen LogP contribution is -2.33. The number of allylic oxidation sites excluding steroid dienone is 7. The Kier molecular flexibility index (Phi) is 10.3. The third kappa shape index (κ3) is 8.11. The summed E-state index contributed by atoms with van der Waals surface area (Å²) in [6, 6.07) is 4.65. The quantitative estimate of drug-likeness (QED) is 0.206. The van der Waals surface area contributed by atoms with Crippen LogP contribution in [0.4, 0.5) is 4.79 Å². The molecule has 0 aromatic heterocycles. The molecule has 0 radical (unpaired) electrons. The smallest absolute Gasteiger partial charge is 0.303 e. The molecular weight excluding hydrogens is 659 g/mol. The second-order valence-electron chi connectivity index (χ2n) is 11.3. The average Bonchev–Trinajstić information content (AvgIpc) is 3.36. The minimum Gasteiger partial charge on any atom is -0.481 e.